The van der Waals surface area contributed by atoms with E-state index in [1.54, 1.807) is 0 Å². The Labute approximate surface area is 127 Å². The number of allylic oxidation sites excluding steroid dienone is 1. The number of rotatable bonds is 10. The summed E-state index contributed by atoms with van der Waals surface area (Å²) in [7, 11) is 0. The number of carbonyl (C=O) groups is 2. The van der Waals surface area contributed by atoms with Gasteiger partial charge in [0.2, 0.25) is 0 Å². The van der Waals surface area contributed by atoms with Crippen LogP contribution >= 0.6 is 0 Å². The molecule has 0 rings (SSSR count). The van der Waals surface area contributed by atoms with Crippen LogP contribution in [0.2, 0.25) is 0 Å². The van der Waals surface area contributed by atoms with E-state index in [0.717, 1.165) is 5.57 Å². The minimum Gasteiger partial charge on any atom is -0.463 e. The van der Waals surface area contributed by atoms with Gasteiger partial charge in [0.1, 0.15) is 12.7 Å². The molecule has 122 valence electrons. The highest BCUT2D eigenvalue weighted by Crippen LogP contribution is 2.33. The summed E-state index contributed by atoms with van der Waals surface area (Å²) in [5.74, 6) is -0.587. The van der Waals surface area contributed by atoms with E-state index in [2.05, 4.69) is 6.58 Å². The van der Waals surface area contributed by atoms with Gasteiger partial charge in [-0.25, -0.2) is 0 Å². The standard InChI is InChI=1S/C16H28O5/c1-11(6-7-14(19)10-21-13(3)18)16(4,5)9-8-15(20)12(2)17/h12,14,17,19H,1,6-10H2,2-5H3/t12-,14-/m0/s1. The second-order valence-corrected chi connectivity index (χ2v) is 6.12. The Balaban J connectivity index is 4.18. The quantitative estimate of drug-likeness (QED) is 0.476. The minimum atomic E-state index is -0.931. The molecule has 0 aliphatic carbocycles. The Morgan fingerprint density at radius 3 is 2.29 bits per heavy atom. The third kappa shape index (κ3) is 8.63. The van der Waals surface area contributed by atoms with Gasteiger partial charge in [-0.15, -0.1) is 0 Å². The van der Waals surface area contributed by atoms with Crippen molar-refractivity contribution in [2.24, 2.45) is 5.41 Å². The molecule has 0 radical (unpaired) electrons. The summed E-state index contributed by atoms with van der Waals surface area (Å²) in [5, 5.41) is 18.9. The van der Waals surface area contributed by atoms with Gasteiger partial charge in [-0.1, -0.05) is 26.0 Å². The predicted octanol–water partition coefficient (Wildman–Crippen LogP) is 2.00. The van der Waals surface area contributed by atoms with Gasteiger partial charge in [-0.2, -0.15) is 0 Å². The van der Waals surface area contributed by atoms with Crippen molar-refractivity contribution in [3.05, 3.63) is 12.2 Å². The van der Waals surface area contributed by atoms with Crippen LogP contribution in [0.3, 0.4) is 0 Å². The highest BCUT2D eigenvalue weighted by atomic mass is 16.5. The number of aliphatic hydroxyl groups is 2. The van der Waals surface area contributed by atoms with Crippen LogP contribution in [0.4, 0.5) is 0 Å². The van der Waals surface area contributed by atoms with E-state index in [1.165, 1.54) is 13.8 Å². The van der Waals surface area contributed by atoms with Crippen LogP contribution in [0.1, 0.15) is 53.4 Å². The number of ether oxygens (including phenoxy) is 1. The molecule has 0 heterocycles. The summed E-state index contributed by atoms with van der Waals surface area (Å²) in [6.45, 7) is 10.8. The Kier molecular flexibility index (Phi) is 8.44. The largest absolute Gasteiger partial charge is 0.463 e. The van der Waals surface area contributed by atoms with E-state index >= 15 is 0 Å². The second kappa shape index (κ2) is 8.95. The average molecular weight is 300 g/mol. The Hall–Kier alpha value is -1.20. The number of ketones is 1. The van der Waals surface area contributed by atoms with Gasteiger partial charge in [-0.05, 0) is 31.6 Å². The second-order valence-electron chi connectivity index (χ2n) is 6.12. The number of Topliss-reactive ketones (excluding diaryl/α,β-unsaturated/α-hetero) is 1. The molecule has 0 aliphatic rings. The van der Waals surface area contributed by atoms with Crippen LogP contribution in [-0.4, -0.2) is 40.8 Å². The van der Waals surface area contributed by atoms with E-state index < -0.39 is 18.2 Å². The lowest BCUT2D eigenvalue weighted by atomic mass is 9.78. The highest BCUT2D eigenvalue weighted by Gasteiger charge is 2.24. The first-order chi connectivity index (χ1) is 9.56. The molecule has 2 N–H and O–H groups in total. The van der Waals surface area contributed by atoms with E-state index in [4.69, 9.17) is 4.74 Å². The van der Waals surface area contributed by atoms with Crippen molar-refractivity contribution in [3.8, 4) is 0 Å². The molecule has 2 atom stereocenters. The molecular weight excluding hydrogens is 272 g/mol. The SMILES string of the molecule is C=C(CC[C@H](O)COC(C)=O)C(C)(C)CCC(=O)[C@H](C)O. The van der Waals surface area contributed by atoms with Crippen molar-refractivity contribution in [1.29, 1.82) is 0 Å². The summed E-state index contributed by atoms with van der Waals surface area (Å²) >= 11 is 0. The van der Waals surface area contributed by atoms with Gasteiger partial charge in [0.25, 0.3) is 0 Å². The summed E-state index contributed by atoms with van der Waals surface area (Å²) < 4.78 is 4.74. The van der Waals surface area contributed by atoms with Crippen molar-refractivity contribution in [3.63, 3.8) is 0 Å². The zero-order valence-electron chi connectivity index (χ0n) is 13.5. The molecule has 0 unspecified atom stereocenters. The number of carbonyl (C=O) groups excluding carboxylic acids is 2. The summed E-state index contributed by atoms with van der Waals surface area (Å²) in [6.07, 6.45) is 0.327. The van der Waals surface area contributed by atoms with Gasteiger partial charge in [0.05, 0.1) is 6.10 Å². The highest BCUT2D eigenvalue weighted by molar-refractivity contribution is 5.82. The number of hydrogen-bond acceptors (Lipinski definition) is 5. The van der Waals surface area contributed by atoms with E-state index in [-0.39, 0.29) is 17.8 Å². The molecule has 5 nitrogen and oxygen atoms in total. The Morgan fingerprint density at radius 1 is 1.24 bits per heavy atom. The van der Waals surface area contributed by atoms with E-state index in [0.29, 0.717) is 25.7 Å². The zero-order valence-corrected chi connectivity index (χ0v) is 13.5. The number of aliphatic hydroxyl groups excluding tert-OH is 2. The maximum absolute atomic E-state index is 11.5. The molecule has 0 bridgehead atoms. The van der Waals surface area contributed by atoms with Gasteiger partial charge in [0, 0.05) is 13.3 Å². The molecule has 0 aromatic rings. The van der Waals surface area contributed by atoms with Crippen molar-refractivity contribution >= 4 is 11.8 Å². The van der Waals surface area contributed by atoms with Gasteiger partial charge in [-0.3, -0.25) is 9.59 Å². The average Bonchev–Trinajstić information content (AvgIpc) is 2.39. The van der Waals surface area contributed by atoms with Crippen LogP contribution in [-0.2, 0) is 14.3 Å². The van der Waals surface area contributed by atoms with Gasteiger partial charge < -0.3 is 14.9 Å². The van der Waals surface area contributed by atoms with E-state index in [9.17, 15) is 19.8 Å². The van der Waals surface area contributed by atoms with Crippen molar-refractivity contribution in [2.75, 3.05) is 6.61 Å². The third-order valence-electron chi connectivity index (χ3n) is 3.68. The molecule has 0 aliphatic heterocycles. The van der Waals surface area contributed by atoms with Gasteiger partial charge >= 0.3 is 5.97 Å². The molecule has 0 fully saturated rings. The zero-order chi connectivity index (χ0) is 16.6. The van der Waals surface area contributed by atoms with Crippen LogP contribution in [0, 0.1) is 5.41 Å². The Morgan fingerprint density at radius 2 is 1.81 bits per heavy atom. The lowest BCUT2D eigenvalue weighted by molar-refractivity contribution is -0.144. The Bertz CT molecular complexity index is 371. The van der Waals surface area contributed by atoms with Gasteiger partial charge in [0.15, 0.2) is 5.78 Å². The van der Waals surface area contributed by atoms with Crippen LogP contribution in [0.5, 0.6) is 0 Å². The van der Waals surface area contributed by atoms with Crippen LogP contribution < -0.4 is 0 Å². The molecule has 0 spiro atoms. The smallest absolute Gasteiger partial charge is 0.302 e. The first kappa shape index (κ1) is 19.8. The predicted molar refractivity (Wildman–Crippen MR) is 80.7 cm³/mol. The van der Waals surface area contributed by atoms with E-state index in [1.807, 2.05) is 13.8 Å². The first-order valence-electron chi connectivity index (χ1n) is 7.26. The fourth-order valence-corrected chi connectivity index (χ4v) is 1.80. The van der Waals surface area contributed by atoms with Crippen molar-refractivity contribution in [1.82, 2.24) is 0 Å². The maximum Gasteiger partial charge on any atom is 0.302 e. The molecule has 0 amide bonds. The summed E-state index contributed by atoms with van der Waals surface area (Å²) in [5.41, 5.74) is 0.689. The number of esters is 1. The third-order valence-corrected chi connectivity index (χ3v) is 3.68. The monoisotopic (exact) mass is 300 g/mol. The van der Waals surface area contributed by atoms with Crippen molar-refractivity contribution < 1.29 is 24.5 Å². The lowest BCUT2D eigenvalue weighted by Crippen LogP contribution is -2.22. The topological polar surface area (TPSA) is 83.8 Å². The summed E-state index contributed by atoms with van der Waals surface area (Å²) in [4.78, 5) is 22.1. The number of hydrogen-bond donors (Lipinski definition) is 2. The summed E-state index contributed by atoms with van der Waals surface area (Å²) in [6, 6.07) is 0. The lowest BCUT2D eigenvalue weighted by Gasteiger charge is -2.28. The first-order valence-corrected chi connectivity index (χ1v) is 7.26. The molecule has 0 saturated carbocycles. The molecule has 0 saturated heterocycles. The molecular formula is C16H28O5. The minimum absolute atomic E-state index is 0.0104. The molecule has 0 aromatic heterocycles. The van der Waals surface area contributed by atoms with Crippen LogP contribution in [0.25, 0.3) is 0 Å². The molecule has 0 aromatic carbocycles. The molecule has 5 heteroatoms. The molecule has 21 heavy (non-hydrogen) atoms. The van der Waals surface area contributed by atoms with Crippen molar-refractivity contribution in [2.45, 2.75) is 65.6 Å². The fourth-order valence-electron chi connectivity index (χ4n) is 1.80. The fraction of sp³-hybridized carbons (Fsp3) is 0.750. The van der Waals surface area contributed by atoms with Crippen LogP contribution in [0.15, 0.2) is 12.2 Å². The normalized spacial score (nSPS) is 14.4. The maximum atomic E-state index is 11.5.